The van der Waals surface area contributed by atoms with Crippen molar-refractivity contribution < 1.29 is 14.3 Å². The molecule has 2 N–H and O–H groups in total. The van der Waals surface area contributed by atoms with Gasteiger partial charge in [-0.2, -0.15) is 4.98 Å². The number of aromatic amines is 1. The number of aryl methyl sites for hydroxylation is 1. The minimum absolute atomic E-state index is 0.0190. The van der Waals surface area contributed by atoms with E-state index in [1.54, 1.807) is 0 Å². The van der Waals surface area contributed by atoms with Crippen LogP contribution in [0, 0.1) is 6.92 Å². The highest BCUT2D eigenvalue weighted by atomic mass is 32.2. The molecule has 0 saturated heterocycles. The number of hydrogen-bond acceptors (Lipinski definition) is 5. The Kier molecular flexibility index (Phi) is 4.00. The molecular weight excluding hydrogens is 352 g/mol. The number of nitrogens with zero attached hydrogens (tertiary/aromatic N) is 1. The van der Waals surface area contributed by atoms with Gasteiger partial charge in [-0.25, -0.2) is 4.79 Å². The Hall–Kier alpha value is -3.06. The zero-order valence-electron chi connectivity index (χ0n) is 13.8. The molecule has 0 aliphatic rings. The lowest BCUT2D eigenvalue weighted by molar-refractivity contribution is 0.0697. The summed E-state index contributed by atoms with van der Waals surface area (Å²) in [6.07, 6.45) is 0. The molecule has 0 radical (unpaired) electrons. The highest BCUT2D eigenvalue weighted by Crippen LogP contribution is 2.26. The Labute approximate surface area is 151 Å². The monoisotopic (exact) mass is 366 g/mol. The number of carbonyl (C=O) groups is 1. The number of rotatable bonds is 4. The lowest BCUT2D eigenvalue weighted by Gasteiger charge is -2.04. The largest absolute Gasteiger partial charge is 0.478 e. The summed E-state index contributed by atoms with van der Waals surface area (Å²) < 4.78 is 5.37. The van der Waals surface area contributed by atoms with Crippen LogP contribution in [0.25, 0.3) is 21.9 Å². The van der Waals surface area contributed by atoms with Gasteiger partial charge < -0.3 is 14.5 Å². The standard InChI is InChI=1S/C19H14N2O4S/c1-10-15(19(23)24)16-17(22)20-14(21-18(16)25-10)9-26-13-7-6-11-4-2-3-5-12(11)8-13/h2-8H,9H2,1H3,(H,23,24)(H,20,21,22). The Morgan fingerprint density at radius 1 is 1.23 bits per heavy atom. The van der Waals surface area contributed by atoms with Gasteiger partial charge in [-0.05, 0) is 29.8 Å². The second kappa shape index (κ2) is 6.34. The van der Waals surface area contributed by atoms with E-state index in [0.717, 1.165) is 15.7 Å². The fourth-order valence-electron chi connectivity index (χ4n) is 2.90. The van der Waals surface area contributed by atoms with Crippen LogP contribution in [0.1, 0.15) is 21.9 Å². The first-order valence-corrected chi connectivity index (χ1v) is 8.88. The molecule has 6 nitrogen and oxygen atoms in total. The van der Waals surface area contributed by atoms with Crippen molar-refractivity contribution in [1.82, 2.24) is 9.97 Å². The number of carboxylic acids is 1. The number of carboxylic acid groups (broad SMARTS) is 1. The van der Waals surface area contributed by atoms with Crippen molar-refractivity contribution >= 4 is 39.6 Å². The highest BCUT2D eigenvalue weighted by Gasteiger charge is 2.21. The summed E-state index contributed by atoms with van der Waals surface area (Å²) in [4.78, 5) is 31.6. The van der Waals surface area contributed by atoms with E-state index in [1.165, 1.54) is 18.7 Å². The van der Waals surface area contributed by atoms with Gasteiger partial charge in [0.05, 0.1) is 5.75 Å². The van der Waals surface area contributed by atoms with Gasteiger partial charge in [-0.15, -0.1) is 11.8 Å². The minimum Gasteiger partial charge on any atom is -0.478 e. The summed E-state index contributed by atoms with van der Waals surface area (Å²) in [6.45, 7) is 1.51. The van der Waals surface area contributed by atoms with Crippen LogP contribution in [-0.2, 0) is 5.75 Å². The van der Waals surface area contributed by atoms with E-state index in [9.17, 15) is 14.7 Å². The molecule has 130 valence electrons. The van der Waals surface area contributed by atoms with Crippen LogP contribution >= 0.6 is 11.8 Å². The summed E-state index contributed by atoms with van der Waals surface area (Å²) in [5.74, 6) is -0.158. The third-order valence-electron chi connectivity index (χ3n) is 4.10. The van der Waals surface area contributed by atoms with Crippen LogP contribution in [-0.4, -0.2) is 21.0 Å². The van der Waals surface area contributed by atoms with Gasteiger partial charge in [-0.3, -0.25) is 4.79 Å². The molecule has 0 bridgehead atoms. The molecule has 0 aliphatic heterocycles. The molecule has 0 amide bonds. The molecule has 2 heterocycles. The van der Waals surface area contributed by atoms with Gasteiger partial charge in [0.15, 0.2) is 0 Å². The molecule has 0 saturated carbocycles. The summed E-state index contributed by atoms with van der Waals surface area (Å²) in [7, 11) is 0. The van der Waals surface area contributed by atoms with E-state index in [0.29, 0.717) is 11.6 Å². The van der Waals surface area contributed by atoms with Crippen LogP contribution < -0.4 is 5.56 Å². The number of fused-ring (bicyclic) bond motifs is 2. The van der Waals surface area contributed by atoms with Crippen molar-refractivity contribution in [3.05, 3.63) is 70.0 Å². The minimum atomic E-state index is -1.20. The number of benzene rings is 2. The number of hydrogen-bond donors (Lipinski definition) is 2. The first-order valence-electron chi connectivity index (χ1n) is 7.90. The van der Waals surface area contributed by atoms with Gasteiger partial charge in [-0.1, -0.05) is 30.3 Å². The van der Waals surface area contributed by atoms with Crippen molar-refractivity contribution in [2.75, 3.05) is 0 Å². The van der Waals surface area contributed by atoms with E-state index in [-0.39, 0.29) is 22.4 Å². The number of aromatic nitrogens is 2. The normalized spacial score (nSPS) is 11.3. The SMILES string of the molecule is Cc1oc2nc(CSc3ccc4ccccc4c3)[nH]c(=O)c2c1C(=O)O. The molecular formula is C19H14N2O4S. The molecule has 7 heteroatoms. The number of nitrogens with one attached hydrogen (secondary N) is 1. The average Bonchev–Trinajstić information content (AvgIpc) is 2.96. The Bertz CT molecular complexity index is 1210. The van der Waals surface area contributed by atoms with Gasteiger partial charge in [0.2, 0.25) is 5.71 Å². The summed E-state index contributed by atoms with van der Waals surface area (Å²) in [5.41, 5.74) is -0.585. The second-order valence-corrected chi connectivity index (χ2v) is 6.88. The maximum absolute atomic E-state index is 12.3. The van der Waals surface area contributed by atoms with Gasteiger partial charge in [0.1, 0.15) is 22.5 Å². The fraction of sp³-hybridized carbons (Fsp3) is 0.105. The fourth-order valence-corrected chi connectivity index (χ4v) is 3.71. The number of aromatic carboxylic acids is 1. The molecule has 2 aromatic carbocycles. The van der Waals surface area contributed by atoms with Crippen LogP contribution in [0.2, 0.25) is 0 Å². The molecule has 0 spiro atoms. The van der Waals surface area contributed by atoms with Gasteiger partial charge in [0, 0.05) is 4.90 Å². The predicted octanol–water partition coefficient (Wildman–Crippen LogP) is 3.97. The maximum Gasteiger partial charge on any atom is 0.340 e. The van der Waals surface area contributed by atoms with E-state index in [2.05, 4.69) is 22.1 Å². The van der Waals surface area contributed by atoms with E-state index >= 15 is 0 Å². The smallest absolute Gasteiger partial charge is 0.340 e. The molecule has 0 aliphatic carbocycles. The molecule has 26 heavy (non-hydrogen) atoms. The first-order chi connectivity index (χ1) is 12.5. The quantitative estimate of drug-likeness (QED) is 0.531. The van der Waals surface area contributed by atoms with Crippen LogP contribution in [0.15, 0.2) is 56.6 Å². The molecule has 0 fully saturated rings. The Balaban J connectivity index is 1.64. The maximum atomic E-state index is 12.3. The lowest BCUT2D eigenvalue weighted by Crippen LogP contribution is -2.13. The molecule has 0 atom stereocenters. The van der Waals surface area contributed by atoms with Gasteiger partial charge >= 0.3 is 5.97 Å². The van der Waals surface area contributed by atoms with Gasteiger partial charge in [0.25, 0.3) is 5.56 Å². The lowest BCUT2D eigenvalue weighted by atomic mass is 10.1. The third-order valence-corrected chi connectivity index (χ3v) is 5.10. The number of H-pyrrole nitrogens is 1. The average molecular weight is 366 g/mol. The van der Waals surface area contributed by atoms with Crippen LogP contribution in [0.4, 0.5) is 0 Å². The Morgan fingerprint density at radius 3 is 2.77 bits per heavy atom. The third kappa shape index (κ3) is 2.86. The molecule has 2 aromatic heterocycles. The van der Waals surface area contributed by atoms with Crippen molar-refractivity contribution in [2.24, 2.45) is 0 Å². The zero-order chi connectivity index (χ0) is 18.3. The number of thioether (sulfide) groups is 1. The summed E-state index contributed by atoms with van der Waals surface area (Å²) in [5, 5.41) is 11.5. The van der Waals surface area contributed by atoms with Crippen molar-refractivity contribution in [3.8, 4) is 0 Å². The summed E-state index contributed by atoms with van der Waals surface area (Å²) in [6, 6.07) is 14.2. The molecule has 4 aromatic rings. The van der Waals surface area contributed by atoms with E-state index in [4.69, 9.17) is 4.42 Å². The summed E-state index contributed by atoms with van der Waals surface area (Å²) >= 11 is 1.53. The highest BCUT2D eigenvalue weighted by molar-refractivity contribution is 7.98. The van der Waals surface area contributed by atoms with Crippen molar-refractivity contribution in [2.45, 2.75) is 17.6 Å². The number of furan rings is 1. The topological polar surface area (TPSA) is 96.2 Å². The van der Waals surface area contributed by atoms with Crippen LogP contribution in [0.5, 0.6) is 0 Å². The predicted molar refractivity (Wildman–Crippen MR) is 99.8 cm³/mol. The molecule has 0 unspecified atom stereocenters. The zero-order valence-corrected chi connectivity index (χ0v) is 14.6. The van der Waals surface area contributed by atoms with Crippen molar-refractivity contribution in [3.63, 3.8) is 0 Å². The van der Waals surface area contributed by atoms with Crippen LogP contribution in [0.3, 0.4) is 0 Å². The first kappa shape index (κ1) is 16.4. The van der Waals surface area contributed by atoms with E-state index in [1.807, 2.05) is 30.3 Å². The second-order valence-electron chi connectivity index (χ2n) is 5.83. The molecule has 4 rings (SSSR count). The van der Waals surface area contributed by atoms with E-state index < -0.39 is 11.5 Å². The van der Waals surface area contributed by atoms with Crippen molar-refractivity contribution in [1.29, 1.82) is 0 Å². The Morgan fingerprint density at radius 2 is 2.00 bits per heavy atom.